The molecule has 1 heterocycles. The lowest BCUT2D eigenvalue weighted by Gasteiger charge is -2.00. The van der Waals surface area contributed by atoms with E-state index in [1.807, 2.05) is 5.38 Å². The quantitative estimate of drug-likeness (QED) is 0.688. The van der Waals surface area contributed by atoms with Crippen molar-refractivity contribution < 1.29 is 4.79 Å². The van der Waals surface area contributed by atoms with Gasteiger partial charge in [-0.25, -0.2) is 0 Å². The molecule has 70 valence electrons. The summed E-state index contributed by atoms with van der Waals surface area (Å²) in [6, 6.07) is 1.79. The maximum atomic E-state index is 11.8. The Kier molecular flexibility index (Phi) is 2.00. The Morgan fingerprint density at radius 3 is 2.69 bits per heavy atom. The van der Waals surface area contributed by atoms with Crippen molar-refractivity contribution in [2.75, 3.05) is 0 Å². The Balaban J connectivity index is 2.21. The molecule has 3 heteroatoms. The highest BCUT2D eigenvalue weighted by atomic mass is 35.5. The van der Waals surface area contributed by atoms with Crippen LogP contribution in [0.15, 0.2) is 11.4 Å². The van der Waals surface area contributed by atoms with Gasteiger partial charge in [0, 0.05) is 5.92 Å². The number of halogens is 1. The van der Waals surface area contributed by atoms with Crippen LogP contribution in [0.25, 0.3) is 0 Å². The van der Waals surface area contributed by atoms with Crippen LogP contribution in [0, 0.1) is 11.3 Å². The molecule has 1 aromatic rings. The van der Waals surface area contributed by atoms with Crippen LogP contribution < -0.4 is 0 Å². The minimum Gasteiger partial charge on any atom is -0.293 e. The minimum absolute atomic E-state index is 0.198. The van der Waals surface area contributed by atoms with E-state index in [1.54, 1.807) is 6.07 Å². The zero-order valence-electron chi connectivity index (χ0n) is 7.63. The number of hydrogen-bond donors (Lipinski definition) is 0. The molecule has 0 aromatic carbocycles. The molecule has 2 rings (SSSR count). The van der Waals surface area contributed by atoms with Crippen molar-refractivity contribution in [3.05, 3.63) is 21.3 Å². The van der Waals surface area contributed by atoms with Crippen molar-refractivity contribution in [2.45, 2.75) is 20.3 Å². The van der Waals surface area contributed by atoms with Crippen LogP contribution >= 0.6 is 22.9 Å². The Bertz CT molecular complexity index is 354. The molecule has 1 aromatic heterocycles. The number of carbonyl (C=O) groups excluding carboxylic acids is 1. The second-order valence-corrected chi connectivity index (χ2v) is 5.53. The van der Waals surface area contributed by atoms with E-state index >= 15 is 0 Å². The molecule has 0 bridgehead atoms. The summed E-state index contributed by atoms with van der Waals surface area (Å²) < 4.78 is 0. The van der Waals surface area contributed by atoms with E-state index in [1.165, 1.54) is 11.3 Å². The van der Waals surface area contributed by atoms with Gasteiger partial charge >= 0.3 is 0 Å². The van der Waals surface area contributed by atoms with Crippen LogP contribution in [-0.2, 0) is 0 Å². The van der Waals surface area contributed by atoms with E-state index in [-0.39, 0.29) is 17.1 Å². The molecule has 13 heavy (non-hydrogen) atoms. The Hall–Kier alpha value is -0.340. The predicted octanol–water partition coefficient (Wildman–Crippen LogP) is 3.63. The van der Waals surface area contributed by atoms with Crippen molar-refractivity contribution in [1.82, 2.24) is 0 Å². The summed E-state index contributed by atoms with van der Waals surface area (Å²) in [6.07, 6.45) is 1.00. The van der Waals surface area contributed by atoms with Gasteiger partial charge in [0.05, 0.1) is 9.90 Å². The first-order valence-corrected chi connectivity index (χ1v) is 5.55. The van der Waals surface area contributed by atoms with E-state index < -0.39 is 0 Å². The Morgan fingerprint density at radius 2 is 2.31 bits per heavy atom. The van der Waals surface area contributed by atoms with Crippen molar-refractivity contribution >= 4 is 28.7 Å². The lowest BCUT2D eigenvalue weighted by Crippen LogP contribution is -2.04. The number of Topliss-reactive ketones (excluding diaryl/α,β-unsaturated/α-hetero) is 1. The van der Waals surface area contributed by atoms with Gasteiger partial charge in [-0.1, -0.05) is 25.4 Å². The summed E-state index contributed by atoms with van der Waals surface area (Å²) in [4.78, 5) is 12.6. The molecule has 0 N–H and O–H groups in total. The molecule has 0 saturated heterocycles. The second-order valence-electron chi connectivity index (χ2n) is 4.21. The fourth-order valence-corrected chi connectivity index (χ4v) is 2.69. The second kappa shape index (κ2) is 2.82. The van der Waals surface area contributed by atoms with Crippen molar-refractivity contribution in [3.63, 3.8) is 0 Å². The molecule has 0 amide bonds. The lowest BCUT2D eigenvalue weighted by atomic mass is 10.1. The maximum absolute atomic E-state index is 11.8. The lowest BCUT2D eigenvalue weighted by molar-refractivity contribution is 0.0957. The smallest absolute Gasteiger partial charge is 0.177 e. The SMILES string of the molecule is CC1(C)CC1C(=O)c1sccc1Cl. The molecule has 0 aliphatic heterocycles. The third kappa shape index (κ3) is 1.53. The number of carbonyl (C=O) groups is 1. The Labute approximate surface area is 86.7 Å². The fourth-order valence-electron chi connectivity index (χ4n) is 1.54. The van der Waals surface area contributed by atoms with Crippen LogP contribution in [0.3, 0.4) is 0 Å². The van der Waals surface area contributed by atoms with Crippen LogP contribution in [0.5, 0.6) is 0 Å². The summed E-state index contributed by atoms with van der Waals surface area (Å²) >= 11 is 7.33. The molecule has 0 spiro atoms. The Morgan fingerprint density at radius 1 is 1.69 bits per heavy atom. The van der Waals surface area contributed by atoms with E-state index in [0.717, 1.165) is 11.3 Å². The maximum Gasteiger partial charge on any atom is 0.177 e. The molecular weight excluding hydrogens is 204 g/mol. The van der Waals surface area contributed by atoms with Crippen LogP contribution in [0.4, 0.5) is 0 Å². The van der Waals surface area contributed by atoms with E-state index in [0.29, 0.717) is 5.02 Å². The van der Waals surface area contributed by atoms with E-state index in [2.05, 4.69) is 13.8 Å². The third-order valence-corrected chi connectivity index (χ3v) is 4.03. The third-order valence-electron chi connectivity index (χ3n) is 2.67. The highest BCUT2D eigenvalue weighted by Gasteiger charge is 2.51. The molecule has 1 aliphatic rings. The molecule has 1 atom stereocenters. The summed E-state index contributed by atoms with van der Waals surface area (Å²) in [5.41, 5.74) is 0.199. The summed E-state index contributed by atoms with van der Waals surface area (Å²) in [5.74, 6) is 0.425. The summed E-state index contributed by atoms with van der Waals surface area (Å²) in [7, 11) is 0. The van der Waals surface area contributed by atoms with Gasteiger partial charge in [0.25, 0.3) is 0 Å². The average molecular weight is 215 g/mol. The standard InChI is InChI=1S/C10H11ClOS/c1-10(2)5-6(10)8(12)9-7(11)3-4-13-9/h3-4,6H,5H2,1-2H3. The zero-order chi connectivity index (χ0) is 9.64. The van der Waals surface area contributed by atoms with E-state index in [4.69, 9.17) is 11.6 Å². The minimum atomic E-state index is 0.198. The summed E-state index contributed by atoms with van der Waals surface area (Å²) in [6.45, 7) is 4.24. The van der Waals surface area contributed by atoms with Gasteiger partial charge in [0.1, 0.15) is 0 Å². The van der Waals surface area contributed by atoms with Gasteiger partial charge in [-0.2, -0.15) is 0 Å². The van der Waals surface area contributed by atoms with Gasteiger partial charge in [-0.15, -0.1) is 11.3 Å². The van der Waals surface area contributed by atoms with Crippen molar-refractivity contribution in [3.8, 4) is 0 Å². The first kappa shape index (κ1) is 9.22. The van der Waals surface area contributed by atoms with Crippen LogP contribution in [0.1, 0.15) is 29.9 Å². The van der Waals surface area contributed by atoms with Gasteiger partial charge < -0.3 is 0 Å². The molecule has 1 fully saturated rings. The number of ketones is 1. The average Bonchev–Trinajstić information content (AvgIpc) is 2.49. The molecule has 1 aliphatic carbocycles. The topological polar surface area (TPSA) is 17.1 Å². The highest BCUT2D eigenvalue weighted by Crippen LogP contribution is 2.53. The summed E-state index contributed by atoms with van der Waals surface area (Å²) in [5, 5.41) is 2.48. The number of thiophene rings is 1. The van der Waals surface area contributed by atoms with E-state index in [9.17, 15) is 4.79 Å². The highest BCUT2D eigenvalue weighted by molar-refractivity contribution is 7.12. The largest absolute Gasteiger partial charge is 0.293 e. The first-order chi connectivity index (χ1) is 6.02. The van der Waals surface area contributed by atoms with Gasteiger partial charge in [-0.3, -0.25) is 4.79 Å². The van der Waals surface area contributed by atoms with Crippen molar-refractivity contribution in [2.24, 2.45) is 11.3 Å². The number of hydrogen-bond acceptors (Lipinski definition) is 2. The van der Waals surface area contributed by atoms with Crippen LogP contribution in [-0.4, -0.2) is 5.78 Å². The zero-order valence-corrected chi connectivity index (χ0v) is 9.21. The monoisotopic (exact) mass is 214 g/mol. The van der Waals surface area contributed by atoms with Gasteiger partial charge in [-0.05, 0) is 23.3 Å². The fraction of sp³-hybridized carbons (Fsp3) is 0.500. The molecule has 0 radical (unpaired) electrons. The normalized spacial score (nSPS) is 24.4. The molecule has 1 saturated carbocycles. The van der Waals surface area contributed by atoms with Crippen LogP contribution in [0.2, 0.25) is 5.02 Å². The first-order valence-electron chi connectivity index (χ1n) is 4.29. The van der Waals surface area contributed by atoms with Gasteiger partial charge in [0.15, 0.2) is 5.78 Å². The molecule has 1 nitrogen and oxygen atoms in total. The van der Waals surface area contributed by atoms with Crippen molar-refractivity contribution in [1.29, 1.82) is 0 Å². The number of rotatable bonds is 2. The molecular formula is C10H11ClOS. The predicted molar refractivity (Wildman–Crippen MR) is 55.5 cm³/mol. The van der Waals surface area contributed by atoms with Gasteiger partial charge in [0.2, 0.25) is 0 Å². The molecule has 1 unspecified atom stereocenters.